The summed E-state index contributed by atoms with van der Waals surface area (Å²) in [7, 11) is 0. The SMILES string of the molecule is CC1(C)CC(=O)C2=C(C1)OC(=N)C(C#N)C2c1ccc(OC(F)(F)F)cc1. The Kier molecular flexibility index (Phi) is 4.50. The van der Waals surface area contributed by atoms with Crippen LogP contribution in [0.25, 0.3) is 0 Å². The highest BCUT2D eigenvalue weighted by Gasteiger charge is 2.46. The number of ketones is 1. The van der Waals surface area contributed by atoms with Crippen LogP contribution in [0.4, 0.5) is 13.2 Å². The summed E-state index contributed by atoms with van der Waals surface area (Å²) in [6, 6.07) is 7.01. The van der Waals surface area contributed by atoms with Crippen molar-refractivity contribution in [1.29, 1.82) is 10.7 Å². The summed E-state index contributed by atoms with van der Waals surface area (Å²) < 4.78 is 46.4. The van der Waals surface area contributed by atoms with E-state index in [2.05, 4.69) is 4.74 Å². The van der Waals surface area contributed by atoms with Crippen molar-refractivity contribution in [3.63, 3.8) is 0 Å². The monoisotopic (exact) mass is 378 g/mol. The first kappa shape index (κ1) is 19.0. The van der Waals surface area contributed by atoms with Crippen LogP contribution < -0.4 is 4.74 Å². The van der Waals surface area contributed by atoms with Crippen LogP contribution in [0.2, 0.25) is 0 Å². The lowest BCUT2D eigenvalue weighted by Crippen LogP contribution is -2.38. The Morgan fingerprint density at radius 1 is 1.26 bits per heavy atom. The average Bonchev–Trinajstić information content (AvgIpc) is 2.51. The predicted octanol–water partition coefficient (Wildman–Crippen LogP) is 4.46. The third-order valence-corrected chi connectivity index (χ3v) is 4.65. The van der Waals surface area contributed by atoms with E-state index >= 15 is 0 Å². The largest absolute Gasteiger partial charge is 0.573 e. The molecular weight excluding hydrogens is 361 g/mol. The number of ether oxygens (including phenoxy) is 2. The molecule has 0 saturated carbocycles. The van der Waals surface area contributed by atoms with Crippen LogP contribution in [0.5, 0.6) is 5.75 Å². The van der Waals surface area contributed by atoms with E-state index in [0.29, 0.717) is 23.3 Å². The molecule has 1 aliphatic carbocycles. The molecule has 2 aliphatic rings. The van der Waals surface area contributed by atoms with E-state index in [-0.39, 0.29) is 23.5 Å². The zero-order valence-electron chi connectivity index (χ0n) is 14.7. The van der Waals surface area contributed by atoms with E-state index in [9.17, 15) is 23.2 Å². The maximum atomic E-state index is 12.8. The topological polar surface area (TPSA) is 83.2 Å². The fourth-order valence-electron chi connectivity index (χ4n) is 3.60. The van der Waals surface area contributed by atoms with Crippen molar-refractivity contribution in [1.82, 2.24) is 0 Å². The van der Waals surface area contributed by atoms with E-state index in [1.54, 1.807) is 0 Å². The molecule has 0 bridgehead atoms. The second kappa shape index (κ2) is 6.41. The van der Waals surface area contributed by atoms with Crippen molar-refractivity contribution in [2.45, 2.75) is 39.0 Å². The highest BCUT2D eigenvalue weighted by molar-refractivity contribution is 6.01. The molecule has 2 unspecified atom stereocenters. The number of carbonyl (C=O) groups is 1. The molecule has 1 aromatic rings. The van der Waals surface area contributed by atoms with Gasteiger partial charge in [0.25, 0.3) is 0 Å². The Morgan fingerprint density at radius 2 is 1.89 bits per heavy atom. The van der Waals surface area contributed by atoms with Crippen molar-refractivity contribution in [2.24, 2.45) is 11.3 Å². The molecule has 3 rings (SSSR count). The first-order valence-electron chi connectivity index (χ1n) is 8.28. The number of nitrogens with zero attached hydrogens (tertiary/aromatic N) is 1. The normalized spacial score (nSPS) is 24.7. The van der Waals surface area contributed by atoms with Gasteiger partial charge in [-0.05, 0) is 23.1 Å². The van der Waals surface area contributed by atoms with Crippen LogP contribution in [0.3, 0.4) is 0 Å². The predicted molar refractivity (Wildman–Crippen MR) is 88.8 cm³/mol. The third kappa shape index (κ3) is 3.82. The summed E-state index contributed by atoms with van der Waals surface area (Å²) in [4.78, 5) is 12.8. The Hall–Kier alpha value is -2.82. The number of halogens is 3. The van der Waals surface area contributed by atoms with Gasteiger partial charge >= 0.3 is 6.36 Å². The number of nitriles is 1. The van der Waals surface area contributed by atoms with Gasteiger partial charge in [0.05, 0.1) is 6.07 Å². The molecule has 1 heterocycles. The number of allylic oxidation sites excluding steroid dienone is 2. The molecule has 1 N–H and O–H groups in total. The standard InChI is InChI=1S/C19H17F3N2O3/c1-18(2)7-13(25)16-14(8-18)26-17(24)12(9-23)15(16)10-3-5-11(6-4-10)27-19(20,21)22/h3-6,12,15,24H,7-8H2,1-2H3. The summed E-state index contributed by atoms with van der Waals surface area (Å²) >= 11 is 0. The quantitative estimate of drug-likeness (QED) is 0.824. The Balaban J connectivity index is 2.04. The fraction of sp³-hybridized carbons (Fsp3) is 0.421. The van der Waals surface area contributed by atoms with Gasteiger partial charge in [-0.1, -0.05) is 26.0 Å². The minimum Gasteiger partial charge on any atom is -0.446 e. The zero-order valence-corrected chi connectivity index (χ0v) is 14.7. The molecule has 0 radical (unpaired) electrons. The van der Waals surface area contributed by atoms with Crippen molar-refractivity contribution >= 4 is 11.7 Å². The second-order valence-electron chi connectivity index (χ2n) is 7.45. The van der Waals surface area contributed by atoms with Crippen LogP contribution in [-0.4, -0.2) is 18.0 Å². The molecule has 5 nitrogen and oxygen atoms in total. The van der Waals surface area contributed by atoms with Gasteiger partial charge in [-0.3, -0.25) is 10.2 Å². The number of benzene rings is 1. The van der Waals surface area contributed by atoms with Gasteiger partial charge in [-0.2, -0.15) is 5.26 Å². The van der Waals surface area contributed by atoms with E-state index in [1.165, 1.54) is 12.1 Å². The van der Waals surface area contributed by atoms with E-state index in [4.69, 9.17) is 10.1 Å². The highest BCUT2D eigenvalue weighted by Crippen LogP contribution is 2.48. The Bertz CT molecular complexity index is 864. The lowest BCUT2D eigenvalue weighted by molar-refractivity contribution is -0.274. The number of hydrogen-bond acceptors (Lipinski definition) is 5. The van der Waals surface area contributed by atoms with Crippen LogP contribution in [0.1, 0.15) is 38.2 Å². The van der Waals surface area contributed by atoms with Gasteiger partial charge in [0.1, 0.15) is 17.4 Å². The first-order chi connectivity index (χ1) is 12.5. The summed E-state index contributed by atoms with van der Waals surface area (Å²) in [6.07, 6.45) is -4.09. The van der Waals surface area contributed by atoms with Gasteiger partial charge in [0, 0.05) is 24.3 Å². The van der Waals surface area contributed by atoms with Crippen molar-refractivity contribution in [3.05, 3.63) is 41.2 Å². The molecule has 27 heavy (non-hydrogen) atoms. The summed E-state index contributed by atoms with van der Waals surface area (Å²) in [5, 5.41) is 17.5. The number of rotatable bonds is 2. The molecular formula is C19H17F3N2O3. The van der Waals surface area contributed by atoms with Crippen molar-refractivity contribution < 1.29 is 27.4 Å². The fourth-order valence-corrected chi connectivity index (χ4v) is 3.60. The van der Waals surface area contributed by atoms with Gasteiger partial charge < -0.3 is 9.47 Å². The van der Waals surface area contributed by atoms with Crippen molar-refractivity contribution in [3.8, 4) is 11.8 Å². The Labute approximate surface area is 153 Å². The minimum atomic E-state index is -4.81. The Morgan fingerprint density at radius 3 is 2.44 bits per heavy atom. The molecule has 0 spiro atoms. The number of carbonyl (C=O) groups excluding carboxylic acids is 1. The molecule has 0 saturated heterocycles. The lowest BCUT2D eigenvalue weighted by atomic mass is 9.68. The van der Waals surface area contributed by atoms with Gasteiger partial charge in [0.15, 0.2) is 5.78 Å². The maximum absolute atomic E-state index is 12.8. The van der Waals surface area contributed by atoms with Crippen LogP contribution in [0.15, 0.2) is 35.6 Å². The van der Waals surface area contributed by atoms with Crippen LogP contribution in [-0.2, 0) is 9.53 Å². The lowest BCUT2D eigenvalue weighted by Gasteiger charge is -2.39. The van der Waals surface area contributed by atoms with Crippen LogP contribution in [0, 0.1) is 28.1 Å². The number of alkyl halides is 3. The number of hydrogen-bond donors (Lipinski definition) is 1. The second-order valence-corrected chi connectivity index (χ2v) is 7.45. The van der Waals surface area contributed by atoms with E-state index < -0.39 is 23.9 Å². The number of nitrogens with one attached hydrogen (secondary N) is 1. The van der Waals surface area contributed by atoms with Gasteiger partial charge in [0.2, 0.25) is 5.90 Å². The highest BCUT2D eigenvalue weighted by atomic mass is 19.4. The van der Waals surface area contributed by atoms with E-state index in [0.717, 1.165) is 12.1 Å². The molecule has 2 atom stereocenters. The zero-order chi connectivity index (χ0) is 20.0. The molecule has 8 heteroatoms. The van der Waals surface area contributed by atoms with Crippen LogP contribution >= 0.6 is 0 Å². The van der Waals surface area contributed by atoms with Gasteiger partial charge in [-0.15, -0.1) is 13.2 Å². The first-order valence-corrected chi connectivity index (χ1v) is 8.28. The summed E-state index contributed by atoms with van der Waals surface area (Å²) in [5.74, 6) is -2.24. The molecule has 0 amide bonds. The maximum Gasteiger partial charge on any atom is 0.573 e. The third-order valence-electron chi connectivity index (χ3n) is 4.65. The average molecular weight is 378 g/mol. The molecule has 1 aliphatic heterocycles. The molecule has 0 fully saturated rings. The summed E-state index contributed by atoms with van der Waals surface area (Å²) in [5.41, 5.74) is 0.469. The summed E-state index contributed by atoms with van der Waals surface area (Å²) in [6.45, 7) is 3.83. The molecule has 0 aromatic heterocycles. The number of Topliss-reactive ketones (excluding diaryl/α,β-unsaturated/α-hetero) is 1. The van der Waals surface area contributed by atoms with Crippen molar-refractivity contribution in [2.75, 3.05) is 0 Å². The minimum absolute atomic E-state index is 0.172. The van der Waals surface area contributed by atoms with Gasteiger partial charge in [-0.25, -0.2) is 0 Å². The van der Waals surface area contributed by atoms with E-state index in [1.807, 2.05) is 19.9 Å². The molecule has 1 aromatic carbocycles. The molecule has 142 valence electrons. The smallest absolute Gasteiger partial charge is 0.446 e.